The molecule has 1 rings (SSSR count). The molecule has 0 bridgehead atoms. The summed E-state index contributed by atoms with van der Waals surface area (Å²) in [6.45, 7) is 3.54. The summed E-state index contributed by atoms with van der Waals surface area (Å²) in [7, 11) is 1.53. The van der Waals surface area contributed by atoms with Crippen molar-refractivity contribution >= 4 is 17.8 Å². The number of aliphatic carboxylic acids is 1. The standard InChI is InChI=1S/C17H24N2O4/c1-12-4-6-14(7-5-12)8-9-15(20)18-10-16(21)19(3)11-13(2)17(22)23/h4-7,13H,8-11H2,1-3H3,(H,18,20)(H,22,23). The minimum Gasteiger partial charge on any atom is -0.481 e. The Balaban J connectivity index is 2.30. The number of benzene rings is 1. The molecule has 0 saturated heterocycles. The van der Waals surface area contributed by atoms with E-state index in [-0.39, 0.29) is 24.9 Å². The molecule has 0 aliphatic rings. The average Bonchev–Trinajstić information content (AvgIpc) is 2.51. The van der Waals surface area contributed by atoms with Gasteiger partial charge in [0, 0.05) is 20.0 Å². The predicted octanol–water partition coefficient (Wildman–Crippen LogP) is 1.22. The minimum absolute atomic E-state index is 0.116. The lowest BCUT2D eigenvalue weighted by molar-refractivity contribution is -0.142. The van der Waals surface area contributed by atoms with Crippen molar-refractivity contribution in [2.24, 2.45) is 5.92 Å². The first-order valence-corrected chi connectivity index (χ1v) is 7.58. The van der Waals surface area contributed by atoms with Gasteiger partial charge in [0.2, 0.25) is 11.8 Å². The van der Waals surface area contributed by atoms with Crippen LogP contribution in [0.1, 0.15) is 24.5 Å². The van der Waals surface area contributed by atoms with Crippen molar-refractivity contribution in [3.63, 3.8) is 0 Å². The minimum atomic E-state index is -0.952. The molecular weight excluding hydrogens is 296 g/mol. The van der Waals surface area contributed by atoms with Crippen molar-refractivity contribution in [1.29, 1.82) is 0 Å². The molecule has 23 heavy (non-hydrogen) atoms. The molecule has 0 aliphatic carbocycles. The third-order valence-corrected chi connectivity index (χ3v) is 3.59. The van der Waals surface area contributed by atoms with Gasteiger partial charge < -0.3 is 15.3 Å². The van der Waals surface area contributed by atoms with Crippen LogP contribution in [0.3, 0.4) is 0 Å². The van der Waals surface area contributed by atoms with Gasteiger partial charge in [-0.3, -0.25) is 14.4 Å². The maximum atomic E-state index is 11.8. The number of rotatable bonds is 8. The number of likely N-dealkylation sites (N-methyl/N-ethyl adjacent to an activating group) is 1. The number of carbonyl (C=O) groups excluding carboxylic acids is 2. The Morgan fingerprint density at radius 1 is 1.22 bits per heavy atom. The molecule has 126 valence electrons. The molecule has 0 aliphatic heterocycles. The van der Waals surface area contributed by atoms with E-state index in [1.165, 1.54) is 24.4 Å². The van der Waals surface area contributed by atoms with E-state index in [1.807, 2.05) is 31.2 Å². The Morgan fingerprint density at radius 2 is 1.83 bits per heavy atom. The number of hydrogen-bond donors (Lipinski definition) is 2. The normalized spacial score (nSPS) is 11.6. The summed E-state index contributed by atoms with van der Waals surface area (Å²) in [5.74, 6) is -2.09. The number of nitrogens with one attached hydrogen (secondary N) is 1. The second kappa shape index (κ2) is 8.92. The van der Waals surface area contributed by atoms with Gasteiger partial charge in [-0.05, 0) is 18.9 Å². The molecule has 0 aromatic heterocycles. The van der Waals surface area contributed by atoms with E-state index >= 15 is 0 Å². The Hall–Kier alpha value is -2.37. The van der Waals surface area contributed by atoms with Crippen LogP contribution in [-0.2, 0) is 20.8 Å². The molecule has 0 saturated carbocycles. The van der Waals surface area contributed by atoms with Gasteiger partial charge in [0.15, 0.2) is 0 Å². The van der Waals surface area contributed by atoms with Crippen molar-refractivity contribution in [3.8, 4) is 0 Å². The number of amides is 2. The van der Waals surface area contributed by atoms with E-state index in [9.17, 15) is 14.4 Å². The van der Waals surface area contributed by atoms with Crippen LogP contribution in [0.25, 0.3) is 0 Å². The van der Waals surface area contributed by atoms with E-state index < -0.39 is 11.9 Å². The summed E-state index contributed by atoms with van der Waals surface area (Å²) in [6.07, 6.45) is 0.928. The molecule has 2 amide bonds. The average molecular weight is 320 g/mol. The van der Waals surface area contributed by atoms with Gasteiger partial charge in [-0.2, -0.15) is 0 Å². The number of carbonyl (C=O) groups is 3. The SMILES string of the molecule is Cc1ccc(CCC(=O)NCC(=O)N(C)CC(C)C(=O)O)cc1. The zero-order chi connectivity index (χ0) is 17.4. The van der Waals surface area contributed by atoms with Gasteiger partial charge in [-0.1, -0.05) is 36.8 Å². The second-order valence-electron chi connectivity index (χ2n) is 5.78. The van der Waals surface area contributed by atoms with Crippen LogP contribution < -0.4 is 5.32 Å². The monoisotopic (exact) mass is 320 g/mol. The van der Waals surface area contributed by atoms with Crippen LogP contribution in [0.5, 0.6) is 0 Å². The summed E-state index contributed by atoms with van der Waals surface area (Å²) in [5, 5.41) is 11.4. The zero-order valence-electron chi connectivity index (χ0n) is 13.8. The fourth-order valence-electron chi connectivity index (χ4n) is 2.00. The van der Waals surface area contributed by atoms with E-state index in [0.29, 0.717) is 12.8 Å². The highest BCUT2D eigenvalue weighted by molar-refractivity contribution is 5.85. The molecule has 1 aromatic carbocycles. The highest BCUT2D eigenvalue weighted by Gasteiger charge is 2.17. The number of hydrogen-bond acceptors (Lipinski definition) is 3. The van der Waals surface area contributed by atoms with Crippen LogP contribution in [0.15, 0.2) is 24.3 Å². The van der Waals surface area contributed by atoms with Gasteiger partial charge >= 0.3 is 5.97 Å². The summed E-state index contributed by atoms with van der Waals surface area (Å²) in [5.41, 5.74) is 2.24. The highest BCUT2D eigenvalue weighted by atomic mass is 16.4. The molecule has 0 heterocycles. The summed E-state index contributed by atoms with van der Waals surface area (Å²) in [6, 6.07) is 7.95. The molecular formula is C17H24N2O4. The fourth-order valence-corrected chi connectivity index (χ4v) is 2.00. The maximum Gasteiger partial charge on any atom is 0.308 e. The van der Waals surface area contributed by atoms with E-state index in [1.54, 1.807) is 0 Å². The Labute approximate surface area is 136 Å². The van der Waals surface area contributed by atoms with Gasteiger partial charge in [0.05, 0.1) is 12.5 Å². The maximum absolute atomic E-state index is 11.8. The molecule has 1 unspecified atom stereocenters. The van der Waals surface area contributed by atoms with Gasteiger partial charge in [-0.15, -0.1) is 0 Å². The molecule has 6 nitrogen and oxygen atoms in total. The second-order valence-corrected chi connectivity index (χ2v) is 5.78. The molecule has 1 aromatic rings. The molecule has 0 spiro atoms. The van der Waals surface area contributed by atoms with Crippen LogP contribution in [0.4, 0.5) is 0 Å². The Morgan fingerprint density at radius 3 is 2.39 bits per heavy atom. The lowest BCUT2D eigenvalue weighted by Gasteiger charge is -2.19. The van der Waals surface area contributed by atoms with Crippen molar-refractivity contribution in [1.82, 2.24) is 10.2 Å². The molecule has 0 fully saturated rings. The molecule has 6 heteroatoms. The topological polar surface area (TPSA) is 86.7 Å². The predicted molar refractivity (Wildman–Crippen MR) is 86.9 cm³/mol. The summed E-state index contributed by atoms with van der Waals surface area (Å²) in [4.78, 5) is 35.7. The number of aryl methyl sites for hydroxylation is 2. The van der Waals surface area contributed by atoms with E-state index in [0.717, 1.165) is 5.56 Å². The summed E-state index contributed by atoms with van der Waals surface area (Å²) >= 11 is 0. The van der Waals surface area contributed by atoms with E-state index in [4.69, 9.17) is 5.11 Å². The molecule has 0 radical (unpaired) electrons. The van der Waals surface area contributed by atoms with Gasteiger partial charge in [0.25, 0.3) is 0 Å². The smallest absolute Gasteiger partial charge is 0.308 e. The van der Waals surface area contributed by atoms with Crippen molar-refractivity contribution in [2.45, 2.75) is 26.7 Å². The largest absolute Gasteiger partial charge is 0.481 e. The number of nitrogens with zero attached hydrogens (tertiary/aromatic N) is 1. The molecule has 1 atom stereocenters. The van der Waals surface area contributed by atoms with Crippen molar-refractivity contribution < 1.29 is 19.5 Å². The number of carboxylic acids is 1. The lowest BCUT2D eigenvalue weighted by atomic mass is 10.1. The summed E-state index contributed by atoms with van der Waals surface area (Å²) < 4.78 is 0. The molecule has 2 N–H and O–H groups in total. The van der Waals surface area contributed by atoms with E-state index in [2.05, 4.69) is 5.32 Å². The van der Waals surface area contributed by atoms with Crippen LogP contribution >= 0.6 is 0 Å². The first-order chi connectivity index (χ1) is 10.8. The lowest BCUT2D eigenvalue weighted by Crippen LogP contribution is -2.40. The highest BCUT2D eigenvalue weighted by Crippen LogP contribution is 2.05. The van der Waals surface area contributed by atoms with Gasteiger partial charge in [0.1, 0.15) is 0 Å². The Bertz CT molecular complexity index is 554. The zero-order valence-corrected chi connectivity index (χ0v) is 13.8. The van der Waals surface area contributed by atoms with Crippen molar-refractivity contribution in [2.75, 3.05) is 20.1 Å². The third-order valence-electron chi connectivity index (χ3n) is 3.59. The first-order valence-electron chi connectivity index (χ1n) is 7.58. The van der Waals surface area contributed by atoms with Gasteiger partial charge in [-0.25, -0.2) is 0 Å². The quantitative estimate of drug-likeness (QED) is 0.754. The van der Waals surface area contributed by atoms with Crippen LogP contribution in [0, 0.1) is 12.8 Å². The fraction of sp³-hybridized carbons (Fsp3) is 0.471. The van der Waals surface area contributed by atoms with Crippen LogP contribution in [0.2, 0.25) is 0 Å². The number of carboxylic acid groups (broad SMARTS) is 1. The third kappa shape index (κ3) is 6.95. The van der Waals surface area contributed by atoms with Crippen molar-refractivity contribution in [3.05, 3.63) is 35.4 Å². The van der Waals surface area contributed by atoms with Crippen LogP contribution in [-0.4, -0.2) is 47.9 Å². The first kappa shape index (κ1) is 18.7. The Kier molecular flexibility index (Phi) is 7.25.